The van der Waals surface area contributed by atoms with Crippen LogP contribution in [0.3, 0.4) is 0 Å². The van der Waals surface area contributed by atoms with E-state index in [9.17, 15) is 13.2 Å². The highest BCUT2D eigenvalue weighted by Crippen LogP contribution is 2.30. The van der Waals surface area contributed by atoms with E-state index in [2.05, 4.69) is 4.74 Å². The van der Waals surface area contributed by atoms with Crippen LogP contribution in [0.25, 0.3) is 0 Å². The topological polar surface area (TPSA) is 76.2 Å². The van der Waals surface area contributed by atoms with Crippen molar-refractivity contribution in [3.63, 3.8) is 0 Å². The highest BCUT2D eigenvalue weighted by Gasteiger charge is 2.43. The predicted molar refractivity (Wildman–Crippen MR) is 79.0 cm³/mol. The van der Waals surface area contributed by atoms with E-state index in [1.54, 1.807) is 0 Å². The average molecular weight is 322 g/mol. The van der Waals surface area contributed by atoms with E-state index in [0.717, 1.165) is 0 Å². The molecule has 1 rings (SSSR count). The third-order valence-electron chi connectivity index (χ3n) is 3.25. The van der Waals surface area contributed by atoms with Crippen molar-refractivity contribution < 1.29 is 22.7 Å². The molecule has 0 unspecified atom stereocenters. The van der Waals surface area contributed by atoms with Gasteiger partial charge in [0.05, 0.1) is 24.7 Å². The van der Waals surface area contributed by atoms with E-state index < -0.39 is 27.4 Å². The molecular weight excluding hydrogens is 296 g/mol. The van der Waals surface area contributed by atoms with Crippen LogP contribution in [0.15, 0.2) is 0 Å². The molecule has 0 aromatic carbocycles. The van der Waals surface area contributed by atoms with Crippen molar-refractivity contribution in [2.75, 3.05) is 33.8 Å². The Labute approximate surface area is 127 Å². The highest BCUT2D eigenvalue weighted by molar-refractivity contribution is 7.86. The lowest BCUT2D eigenvalue weighted by Crippen LogP contribution is -2.60. The number of ether oxygens (including phenoxy) is 2. The summed E-state index contributed by atoms with van der Waals surface area (Å²) < 4.78 is 38.2. The molecule has 0 N–H and O–H groups in total. The lowest BCUT2D eigenvalue weighted by Gasteiger charge is -2.47. The number of carbonyl (C=O) groups excluding carboxylic acids is 1. The van der Waals surface area contributed by atoms with E-state index in [0.29, 0.717) is 0 Å². The zero-order valence-corrected chi connectivity index (χ0v) is 14.5. The van der Waals surface area contributed by atoms with Crippen molar-refractivity contribution >= 4 is 16.2 Å². The van der Waals surface area contributed by atoms with Crippen molar-refractivity contribution in [3.8, 4) is 0 Å². The van der Waals surface area contributed by atoms with Crippen molar-refractivity contribution in [3.05, 3.63) is 0 Å². The fourth-order valence-corrected chi connectivity index (χ4v) is 4.21. The first-order valence-electron chi connectivity index (χ1n) is 6.88. The molecule has 0 aromatic rings. The molecule has 1 fully saturated rings. The number of methoxy groups -OCH3 is 1. The maximum absolute atomic E-state index is 12.6. The zero-order valence-electron chi connectivity index (χ0n) is 13.7. The van der Waals surface area contributed by atoms with E-state index >= 15 is 0 Å². The minimum atomic E-state index is -3.63. The predicted octanol–water partition coefficient (Wildman–Crippen LogP) is 0.616. The minimum Gasteiger partial charge on any atom is -0.469 e. The zero-order chi connectivity index (χ0) is 16.5. The fraction of sp³-hybridized carbons (Fsp3) is 0.923. The summed E-state index contributed by atoms with van der Waals surface area (Å²) in [6, 6.07) is 0. The Morgan fingerprint density at radius 3 is 2.14 bits per heavy atom. The molecule has 0 aromatic heterocycles. The van der Waals surface area contributed by atoms with Gasteiger partial charge in [0.25, 0.3) is 10.2 Å². The summed E-state index contributed by atoms with van der Waals surface area (Å²) >= 11 is 0. The molecule has 124 valence electrons. The number of carbonyl (C=O) groups is 1. The number of esters is 1. The molecule has 7 nitrogen and oxygen atoms in total. The van der Waals surface area contributed by atoms with Gasteiger partial charge in [0, 0.05) is 26.7 Å². The summed E-state index contributed by atoms with van der Waals surface area (Å²) in [5.74, 6) is -0.431. The van der Waals surface area contributed by atoms with Crippen LogP contribution >= 0.6 is 0 Å². The van der Waals surface area contributed by atoms with Crippen LogP contribution in [0.1, 0.15) is 34.1 Å². The quantitative estimate of drug-likeness (QED) is 0.693. The third kappa shape index (κ3) is 4.91. The number of morpholine rings is 1. The Bertz CT molecular complexity index is 471. The van der Waals surface area contributed by atoms with Gasteiger partial charge >= 0.3 is 5.97 Å². The molecule has 0 saturated carbocycles. The van der Waals surface area contributed by atoms with Crippen molar-refractivity contribution in [1.82, 2.24) is 8.61 Å². The number of hydrogen-bond acceptors (Lipinski definition) is 5. The Morgan fingerprint density at radius 2 is 1.71 bits per heavy atom. The van der Waals surface area contributed by atoms with Gasteiger partial charge in [0.1, 0.15) is 0 Å². The monoisotopic (exact) mass is 322 g/mol. The second-order valence-corrected chi connectivity index (χ2v) is 8.58. The average Bonchev–Trinajstić information content (AvgIpc) is 2.31. The van der Waals surface area contributed by atoms with E-state index in [1.807, 2.05) is 27.7 Å². The molecule has 0 radical (unpaired) electrons. The van der Waals surface area contributed by atoms with E-state index in [1.165, 1.54) is 22.8 Å². The van der Waals surface area contributed by atoms with E-state index in [4.69, 9.17) is 4.74 Å². The van der Waals surface area contributed by atoms with Crippen LogP contribution < -0.4 is 0 Å². The Kier molecular flexibility index (Phi) is 5.41. The maximum atomic E-state index is 12.6. The van der Waals surface area contributed by atoms with Gasteiger partial charge in [-0.15, -0.1) is 0 Å². The normalized spacial score (nSPS) is 22.2. The number of hydrogen-bond donors (Lipinski definition) is 0. The molecule has 1 aliphatic heterocycles. The molecule has 1 aliphatic rings. The second kappa shape index (κ2) is 6.20. The summed E-state index contributed by atoms with van der Waals surface area (Å²) in [5.41, 5.74) is -1.12. The van der Waals surface area contributed by atoms with Gasteiger partial charge < -0.3 is 9.47 Å². The number of rotatable bonds is 5. The summed E-state index contributed by atoms with van der Waals surface area (Å²) in [6.45, 7) is 8.11. The van der Waals surface area contributed by atoms with Crippen molar-refractivity contribution in [2.24, 2.45) is 0 Å². The van der Waals surface area contributed by atoms with Gasteiger partial charge in [-0.05, 0) is 27.7 Å². The fourth-order valence-electron chi connectivity index (χ4n) is 2.54. The molecular formula is C13H26N2O5S. The summed E-state index contributed by atoms with van der Waals surface area (Å²) in [6.07, 6.45) is 0.0311. The van der Waals surface area contributed by atoms with E-state index in [-0.39, 0.29) is 26.1 Å². The summed E-state index contributed by atoms with van der Waals surface area (Å²) in [4.78, 5) is 11.1. The third-order valence-corrected chi connectivity index (χ3v) is 5.13. The lowest BCUT2D eigenvalue weighted by atomic mass is 10.0. The van der Waals surface area contributed by atoms with Gasteiger partial charge in [0.2, 0.25) is 0 Å². The molecule has 0 amide bonds. The Balaban J connectivity index is 2.83. The Hall–Kier alpha value is -0.700. The molecule has 0 aliphatic carbocycles. The molecule has 8 heteroatoms. The van der Waals surface area contributed by atoms with Gasteiger partial charge in [-0.3, -0.25) is 4.79 Å². The minimum absolute atomic E-state index is 0.0311. The van der Waals surface area contributed by atoms with Crippen LogP contribution in [-0.2, 0) is 24.5 Å². The largest absolute Gasteiger partial charge is 0.469 e. The molecule has 1 saturated heterocycles. The highest BCUT2D eigenvalue weighted by atomic mass is 32.2. The molecule has 21 heavy (non-hydrogen) atoms. The smallest absolute Gasteiger partial charge is 0.306 e. The van der Waals surface area contributed by atoms with Crippen LogP contribution in [0.4, 0.5) is 0 Å². The number of nitrogens with zero attached hydrogens (tertiary/aromatic N) is 2. The second-order valence-electron chi connectivity index (χ2n) is 6.54. The van der Waals surface area contributed by atoms with Crippen molar-refractivity contribution in [2.45, 2.75) is 45.3 Å². The maximum Gasteiger partial charge on any atom is 0.306 e. The first-order valence-corrected chi connectivity index (χ1v) is 8.28. The van der Waals surface area contributed by atoms with Crippen LogP contribution in [0.2, 0.25) is 0 Å². The Morgan fingerprint density at radius 1 is 1.24 bits per heavy atom. The first kappa shape index (κ1) is 18.3. The lowest BCUT2D eigenvalue weighted by molar-refractivity contribution is -0.164. The van der Waals surface area contributed by atoms with Gasteiger partial charge in [-0.2, -0.15) is 17.0 Å². The van der Waals surface area contributed by atoms with Gasteiger partial charge in [-0.25, -0.2) is 0 Å². The van der Waals surface area contributed by atoms with Crippen LogP contribution in [-0.4, -0.2) is 68.0 Å². The standard InChI is InChI=1S/C13H26N2O5S/c1-12(2)9-15(10-13(3,4)20-12)21(17,18)14(5)8-7-11(16)19-6/h7-10H2,1-6H3. The summed E-state index contributed by atoms with van der Waals surface area (Å²) in [7, 11) is -0.882. The SMILES string of the molecule is COC(=O)CCN(C)S(=O)(=O)N1CC(C)(C)OC(C)(C)C1. The van der Waals surface area contributed by atoms with Gasteiger partial charge in [0.15, 0.2) is 0 Å². The van der Waals surface area contributed by atoms with Crippen molar-refractivity contribution in [1.29, 1.82) is 0 Å². The van der Waals surface area contributed by atoms with Gasteiger partial charge in [-0.1, -0.05) is 0 Å². The van der Waals surface area contributed by atoms with Crippen LogP contribution in [0, 0.1) is 0 Å². The molecule has 1 heterocycles. The van der Waals surface area contributed by atoms with Crippen LogP contribution in [0.5, 0.6) is 0 Å². The molecule has 0 bridgehead atoms. The first-order chi connectivity index (χ1) is 9.39. The molecule has 0 atom stereocenters. The molecule has 0 spiro atoms. The summed E-state index contributed by atoms with van der Waals surface area (Å²) in [5, 5.41) is 0.